The van der Waals surface area contributed by atoms with E-state index >= 15 is 0 Å². The quantitative estimate of drug-likeness (QED) is 0.456. The maximum absolute atomic E-state index is 13.7. The highest BCUT2D eigenvalue weighted by molar-refractivity contribution is 6.25. The van der Waals surface area contributed by atoms with Crippen molar-refractivity contribution in [3.8, 4) is 5.75 Å². The molecule has 7 nitrogen and oxygen atoms in total. The Hall–Kier alpha value is -4.13. The molecule has 2 fully saturated rings. The number of ether oxygens (including phenoxy) is 1. The standard InChI is InChI=1S/C26H20N2O5/c1-32-17-11-9-16(10-12-17)27-25(30)21-19-13-8-15-5-2-3-6-18(15)28(19)23(22(21)26(27)31)24(29)20-7-4-14-33-20/h2-14,19,21-23H,1H3. The summed E-state index contributed by atoms with van der Waals surface area (Å²) in [5, 5.41) is 0. The fourth-order valence-electron chi connectivity index (χ4n) is 5.36. The number of hydrogen-bond acceptors (Lipinski definition) is 6. The average molecular weight is 440 g/mol. The van der Waals surface area contributed by atoms with E-state index in [0.717, 1.165) is 11.3 Å². The number of amides is 2. The molecule has 164 valence electrons. The molecule has 3 aliphatic rings. The Labute approximate surface area is 189 Å². The molecule has 4 atom stereocenters. The number of carbonyl (C=O) groups excluding carboxylic acids is 3. The number of rotatable bonds is 4. The molecule has 33 heavy (non-hydrogen) atoms. The predicted octanol–water partition coefficient (Wildman–Crippen LogP) is 3.56. The summed E-state index contributed by atoms with van der Waals surface area (Å²) >= 11 is 0. The zero-order valence-electron chi connectivity index (χ0n) is 17.8. The highest BCUT2D eigenvalue weighted by atomic mass is 16.5. The normalized spacial score (nSPS) is 25.1. The van der Waals surface area contributed by atoms with Gasteiger partial charge in [0.25, 0.3) is 0 Å². The molecule has 2 saturated heterocycles. The van der Waals surface area contributed by atoms with Crippen molar-refractivity contribution in [2.24, 2.45) is 11.8 Å². The molecule has 0 bridgehead atoms. The summed E-state index contributed by atoms with van der Waals surface area (Å²) < 4.78 is 10.6. The minimum absolute atomic E-state index is 0.176. The van der Waals surface area contributed by atoms with Crippen LogP contribution < -0.4 is 14.5 Å². The van der Waals surface area contributed by atoms with Gasteiger partial charge in [-0.05, 0) is 48.0 Å². The predicted molar refractivity (Wildman–Crippen MR) is 121 cm³/mol. The van der Waals surface area contributed by atoms with Gasteiger partial charge in [-0.1, -0.05) is 30.4 Å². The first-order valence-electron chi connectivity index (χ1n) is 10.8. The molecule has 7 heteroatoms. The molecule has 0 N–H and O–H groups in total. The SMILES string of the molecule is COc1ccc(N2C(=O)C3C(C2=O)C(C(=O)c2ccco2)N2c4ccccc4C=CC32)cc1. The molecule has 3 aliphatic heterocycles. The summed E-state index contributed by atoms with van der Waals surface area (Å²) in [6.07, 6.45) is 5.33. The van der Waals surface area contributed by atoms with Crippen molar-refractivity contribution in [2.45, 2.75) is 12.1 Å². The van der Waals surface area contributed by atoms with E-state index in [1.165, 1.54) is 11.2 Å². The van der Waals surface area contributed by atoms with Crippen LogP contribution in [-0.4, -0.2) is 36.8 Å². The Morgan fingerprint density at radius 2 is 1.70 bits per heavy atom. The lowest BCUT2D eigenvalue weighted by atomic mass is 9.87. The van der Waals surface area contributed by atoms with E-state index in [-0.39, 0.29) is 23.4 Å². The number of benzene rings is 2. The number of imide groups is 1. The molecule has 0 radical (unpaired) electrons. The van der Waals surface area contributed by atoms with Gasteiger partial charge in [-0.2, -0.15) is 0 Å². The van der Waals surface area contributed by atoms with Gasteiger partial charge in [0.1, 0.15) is 11.8 Å². The second-order valence-electron chi connectivity index (χ2n) is 8.36. The second-order valence-corrected chi connectivity index (χ2v) is 8.36. The summed E-state index contributed by atoms with van der Waals surface area (Å²) in [6.45, 7) is 0. The van der Waals surface area contributed by atoms with E-state index in [2.05, 4.69) is 0 Å². The van der Waals surface area contributed by atoms with Crippen LogP contribution in [0.3, 0.4) is 0 Å². The van der Waals surface area contributed by atoms with Crippen LogP contribution in [0.4, 0.5) is 11.4 Å². The van der Waals surface area contributed by atoms with Crippen molar-refractivity contribution in [1.29, 1.82) is 0 Å². The highest BCUT2D eigenvalue weighted by Crippen LogP contribution is 2.49. The number of furan rings is 1. The zero-order chi connectivity index (χ0) is 22.7. The van der Waals surface area contributed by atoms with Gasteiger partial charge in [0.2, 0.25) is 17.6 Å². The topological polar surface area (TPSA) is 80.1 Å². The molecule has 0 aliphatic carbocycles. The summed E-state index contributed by atoms with van der Waals surface area (Å²) in [5.41, 5.74) is 2.25. The third kappa shape index (κ3) is 2.72. The summed E-state index contributed by atoms with van der Waals surface area (Å²) in [7, 11) is 1.55. The van der Waals surface area contributed by atoms with Gasteiger partial charge >= 0.3 is 0 Å². The van der Waals surface area contributed by atoms with Crippen molar-refractivity contribution in [3.63, 3.8) is 0 Å². The van der Waals surface area contributed by atoms with Gasteiger partial charge in [0.05, 0.1) is 36.9 Å². The molecule has 0 spiro atoms. The van der Waals surface area contributed by atoms with Crippen LogP contribution in [0.2, 0.25) is 0 Å². The average Bonchev–Trinajstić information content (AvgIpc) is 3.55. The van der Waals surface area contributed by atoms with Crippen LogP contribution in [0, 0.1) is 11.8 Å². The van der Waals surface area contributed by atoms with E-state index < -0.39 is 23.9 Å². The molecular formula is C26H20N2O5. The van der Waals surface area contributed by atoms with Crippen LogP contribution in [-0.2, 0) is 9.59 Å². The van der Waals surface area contributed by atoms with Gasteiger partial charge in [-0.25, -0.2) is 4.90 Å². The Morgan fingerprint density at radius 3 is 2.42 bits per heavy atom. The Bertz CT molecular complexity index is 1290. The summed E-state index contributed by atoms with van der Waals surface area (Å²) in [6, 6.07) is 16.5. The van der Waals surface area contributed by atoms with Gasteiger partial charge in [0, 0.05) is 5.69 Å². The van der Waals surface area contributed by atoms with Crippen molar-refractivity contribution >= 4 is 35.0 Å². The first kappa shape index (κ1) is 19.5. The molecule has 6 rings (SSSR count). The Morgan fingerprint density at radius 1 is 0.939 bits per heavy atom. The lowest BCUT2D eigenvalue weighted by Crippen LogP contribution is -2.48. The van der Waals surface area contributed by atoms with E-state index in [0.29, 0.717) is 11.4 Å². The van der Waals surface area contributed by atoms with Gasteiger partial charge < -0.3 is 14.1 Å². The van der Waals surface area contributed by atoms with E-state index in [1.54, 1.807) is 43.5 Å². The van der Waals surface area contributed by atoms with E-state index in [9.17, 15) is 14.4 Å². The minimum Gasteiger partial charge on any atom is -0.497 e. The maximum atomic E-state index is 13.7. The number of nitrogens with zero attached hydrogens (tertiary/aromatic N) is 2. The molecule has 1 aromatic heterocycles. The highest BCUT2D eigenvalue weighted by Gasteiger charge is 2.64. The first-order valence-corrected chi connectivity index (χ1v) is 10.8. The monoisotopic (exact) mass is 440 g/mol. The molecule has 4 unspecified atom stereocenters. The molecular weight excluding hydrogens is 420 g/mol. The number of para-hydroxylation sites is 1. The molecule has 3 aromatic rings. The molecule has 2 amide bonds. The van der Waals surface area contributed by atoms with Crippen LogP contribution in [0.5, 0.6) is 5.75 Å². The van der Waals surface area contributed by atoms with Crippen molar-refractivity contribution in [1.82, 2.24) is 0 Å². The number of carbonyl (C=O) groups is 3. The Kier molecular flexibility index (Phi) is 4.26. The maximum Gasteiger partial charge on any atom is 0.240 e. The van der Waals surface area contributed by atoms with E-state index in [1.807, 2.05) is 41.3 Å². The fraction of sp³-hybridized carbons (Fsp3) is 0.192. The number of Topliss-reactive ketones (excluding diaryl/α,β-unsaturated/α-hetero) is 1. The number of ketones is 1. The smallest absolute Gasteiger partial charge is 0.240 e. The van der Waals surface area contributed by atoms with Crippen LogP contribution in [0.25, 0.3) is 6.08 Å². The number of anilines is 2. The third-order valence-corrected chi connectivity index (χ3v) is 6.78. The van der Waals surface area contributed by atoms with Crippen LogP contribution in [0.15, 0.2) is 77.4 Å². The molecule has 4 heterocycles. The molecule has 2 aromatic carbocycles. The second kappa shape index (κ2) is 7.20. The molecule has 0 saturated carbocycles. The lowest BCUT2D eigenvalue weighted by molar-refractivity contribution is -0.122. The fourth-order valence-corrected chi connectivity index (χ4v) is 5.36. The largest absolute Gasteiger partial charge is 0.497 e. The number of methoxy groups -OCH3 is 1. The lowest BCUT2D eigenvalue weighted by Gasteiger charge is -2.36. The number of fused-ring (bicyclic) bond motifs is 5. The van der Waals surface area contributed by atoms with Gasteiger partial charge in [0.15, 0.2) is 5.76 Å². The van der Waals surface area contributed by atoms with Crippen molar-refractivity contribution in [2.75, 3.05) is 16.9 Å². The van der Waals surface area contributed by atoms with E-state index in [4.69, 9.17) is 9.15 Å². The third-order valence-electron chi connectivity index (χ3n) is 6.78. The van der Waals surface area contributed by atoms with Crippen LogP contribution in [0.1, 0.15) is 16.1 Å². The zero-order valence-corrected chi connectivity index (χ0v) is 17.8. The Balaban J connectivity index is 1.47. The van der Waals surface area contributed by atoms with Crippen molar-refractivity contribution in [3.05, 3.63) is 84.3 Å². The van der Waals surface area contributed by atoms with Gasteiger partial charge in [-0.15, -0.1) is 0 Å². The minimum atomic E-state index is -0.850. The summed E-state index contributed by atoms with van der Waals surface area (Å²) in [5.74, 6) is -1.67. The van der Waals surface area contributed by atoms with Crippen LogP contribution >= 0.6 is 0 Å². The van der Waals surface area contributed by atoms with Crippen molar-refractivity contribution < 1.29 is 23.5 Å². The summed E-state index contributed by atoms with van der Waals surface area (Å²) in [4.78, 5) is 44.2. The first-order chi connectivity index (χ1) is 16.1. The number of hydrogen-bond donors (Lipinski definition) is 0. The van der Waals surface area contributed by atoms with Gasteiger partial charge in [-0.3, -0.25) is 14.4 Å².